The van der Waals surface area contributed by atoms with Crippen LogP contribution in [0.25, 0.3) is 6.08 Å². The average Bonchev–Trinajstić information content (AvgIpc) is 3.03. The molecule has 2 N–H and O–H groups in total. The lowest BCUT2D eigenvalue weighted by Crippen LogP contribution is -2.30. The zero-order valence-electron chi connectivity index (χ0n) is 16.3. The lowest BCUT2D eigenvalue weighted by Gasteiger charge is -2.13. The molecule has 0 aromatic heterocycles. The maximum Gasteiger partial charge on any atom is 0.260 e. The quantitative estimate of drug-likeness (QED) is 0.490. The Balaban J connectivity index is 1.72. The molecule has 5 heteroatoms. The van der Waals surface area contributed by atoms with E-state index >= 15 is 0 Å². The Hall–Kier alpha value is -2.66. The number of nitrogens with one attached hydrogen (secondary N) is 2. The predicted octanol–water partition coefficient (Wildman–Crippen LogP) is 4.98. The summed E-state index contributed by atoms with van der Waals surface area (Å²) in [5.41, 5.74) is 4.15. The van der Waals surface area contributed by atoms with Crippen LogP contribution in [0.1, 0.15) is 30.5 Å². The van der Waals surface area contributed by atoms with Gasteiger partial charge in [0.05, 0.1) is 11.5 Å². The number of amides is 1. The van der Waals surface area contributed by atoms with Crippen LogP contribution in [0.3, 0.4) is 0 Å². The van der Waals surface area contributed by atoms with E-state index < -0.39 is 0 Å². The van der Waals surface area contributed by atoms with Crippen molar-refractivity contribution in [2.24, 2.45) is 0 Å². The highest BCUT2D eigenvalue weighted by Gasteiger charge is 2.27. The average molecular weight is 395 g/mol. The maximum absolute atomic E-state index is 12.4. The normalized spacial score (nSPS) is 17.4. The molecule has 0 radical (unpaired) electrons. The fourth-order valence-corrected chi connectivity index (χ4v) is 3.99. The van der Waals surface area contributed by atoms with E-state index in [-0.39, 0.29) is 11.4 Å². The topological polar surface area (TPSA) is 50.4 Å². The van der Waals surface area contributed by atoms with E-state index in [9.17, 15) is 4.79 Å². The van der Waals surface area contributed by atoms with E-state index in [1.807, 2.05) is 43.3 Å². The molecule has 1 aliphatic heterocycles. The van der Waals surface area contributed by atoms with Crippen LogP contribution in [0.2, 0.25) is 0 Å². The lowest BCUT2D eigenvalue weighted by molar-refractivity contribution is -0.116. The number of carbonyl (C=O) groups is 1. The lowest BCUT2D eigenvalue weighted by atomic mass is 10.1. The summed E-state index contributed by atoms with van der Waals surface area (Å²) in [7, 11) is 0. The van der Waals surface area contributed by atoms with Crippen molar-refractivity contribution in [3.8, 4) is 5.75 Å². The number of ether oxygens (including phenoxy) is 1. The first-order valence-corrected chi connectivity index (χ1v) is 10.4. The van der Waals surface area contributed by atoms with Crippen LogP contribution in [0.5, 0.6) is 5.75 Å². The van der Waals surface area contributed by atoms with Gasteiger partial charge in [-0.3, -0.25) is 4.79 Å². The van der Waals surface area contributed by atoms with Crippen molar-refractivity contribution in [2.45, 2.75) is 32.2 Å². The molecule has 1 aliphatic rings. The van der Waals surface area contributed by atoms with Crippen LogP contribution in [-0.2, 0) is 17.6 Å². The molecule has 0 saturated carbocycles. The van der Waals surface area contributed by atoms with Crippen LogP contribution in [0, 0.1) is 0 Å². The highest BCUT2D eigenvalue weighted by molar-refractivity contribution is 8.05. The molecule has 28 heavy (non-hydrogen) atoms. The van der Waals surface area contributed by atoms with Crippen molar-refractivity contribution >= 4 is 29.4 Å². The summed E-state index contributed by atoms with van der Waals surface area (Å²) < 4.78 is 5.67. The summed E-state index contributed by atoms with van der Waals surface area (Å²) in [5, 5.41) is 6.33. The van der Waals surface area contributed by atoms with E-state index in [0.717, 1.165) is 35.4 Å². The predicted molar refractivity (Wildman–Crippen MR) is 118 cm³/mol. The highest BCUT2D eigenvalue weighted by atomic mass is 32.2. The van der Waals surface area contributed by atoms with Gasteiger partial charge in [0.15, 0.2) is 5.50 Å². The maximum atomic E-state index is 12.4. The molecule has 3 rings (SSSR count). The number of anilines is 1. The molecule has 1 saturated heterocycles. The van der Waals surface area contributed by atoms with Gasteiger partial charge in [-0.05, 0) is 66.8 Å². The molecule has 2 aromatic carbocycles. The van der Waals surface area contributed by atoms with Crippen molar-refractivity contribution in [1.82, 2.24) is 5.32 Å². The van der Waals surface area contributed by atoms with E-state index in [4.69, 9.17) is 4.74 Å². The first-order valence-electron chi connectivity index (χ1n) is 9.54. The monoisotopic (exact) mass is 394 g/mol. The Morgan fingerprint density at radius 3 is 2.68 bits per heavy atom. The summed E-state index contributed by atoms with van der Waals surface area (Å²) >= 11 is 1.49. The molecule has 0 aliphatic carbocycles. The van der Waals surface area contributed by atoms with Gasteiger partial charge in [-0.25, -0.2) is 0 Å². The van der Waals surface area contributed by atoms with Gasteiger partial charge >= 0.3 is 0 Å². The molecule has 1 amide bonds. The molecule has 4 nitrogen and oxygen atoms in total. The molecule has 0 spiro atoms. The smallest absolute Gasteiger partial charge is 0.260 e. The summed E-state index contributed by atoms with van der Waals surface area (Å²) in [5.74, 6) is 0.801. The van der Waals surface area contributed by atoms with Crippen molar-refractivity contribution in [3.63, 3.8) is 0 Å². The number of benzene rings is 2. The van der Waals surface area contributed by atoms with Crippen LogP contribution in [0.4, 0.5) is 5.69 Å². The van der Waals surface area contributed by atoms with Gasteiger partial charge in [-0.2, -0.15) is 0 Å². The second kappa shape index (κ2) is 9.51. The van der Waals surface area contributed by atoms with Crippen LogP contribution in [-0.4, -0.2) is 18.0 Å². The van der Waals surface area contributed by atoms with Gasteiger partial charge in [0.2, 0.25) is 0 Å². The largest absolute Gasteiger partial charge is 0.494 e. The second-order valence-corrected chi connectivity index (χ2v) is 7.61. The number of hydrogen-bond donors (Lipinski definition) is 2. The first kappa shape index (κ1) is 20.1. The van der Waals surface area contributed by atoms with Crippen LogP contribution < -0.4 is 15.4 Å². The number of thioether (sulfide) groups is 1. The molecule has 0 bridgehead atoms. The summed E-state index contributed by atoms with van der Waals surface area (Å²) in [6, 6.07) is 14.3. The van der Waals surface area contributed by atoms with Crippen LogP contribution in [0.15, 0.2) is 60.0 Å². The number of carbonyl (C=O) groups excluding carboxylic acids is 1. The van der Waals surface area contributed by atoms with E-state index in [0.29, 0.717) is 11.5 Å². The number of aryl methyl sites for hydroxylation is 1. The molecule has 1 fully saturated rings. The van der Waals surface area contributed by atoms with E-state index in [1.165, 1.54) is 17.3 Å². The number of allylic oxidation sites excluding steroid dienone is 1. The van der Waals surface area contributed by atoms with Crippen LogP contribution >= 0.6 is 11.8 Å². The van der Waals surface area contributed by atoms with Crippen molar-refractivity contribution in [2.75, 3.05) is 11.9 Å². The molecule has 146 valence electrons. The van der Waals surface area contributed by atoms with Gasteiger partial charge < -0.3 is 15.4 Å². The Bertz CT molecular complexity index is 875. The Kier molecular flexibility index (Phi) is 6.82. The fraction of sp³-hybridized carbons (Fsp3) is 0.261. The van der Waals surface area contributed by atoms with E-state index in [1.54, 1.807) is 0 Å². The van der Waals surface area contributed by atoms with Gasteiger partial charge in [0, 0.05) is 5.69 Å². The first-order chi connectivity index (χ1) is 13.6. The molecule has 0 unspecified atom stereocenters. The molecular formula is C23H26N2O2S. The zero-order valence-corrected chi connectivity index (χ0v) is 17.1. The van der Waals surface area contributed by atoms with Gasteiger partial charge in [0.1, 0.15) is 5.75 Å². The third kappa shape index (κ3) is 4.98. The Labute approximate surface area is 171 Å². The number of hydrogen-bond acceptors (Lipinski definition) is 4. The van der Waals surface area contributed by atoms with Gasteiger partial charge in [-0.1, -0.05) is 43.0 Å². The third-order valence-electron chi connectivity index (χ3n) is 4.44. The van der Waals surface area contributed by atoms with E-state index in [2.05, 4.69) is 42.3 Å². The third-order valence-corrected chi connectivity index (χ3v) is 5.47. The Morgan fingerprint density at radius 1 is 1.21 bits per heavy atom. The standard InChI is InChI=1S/C23H26N2O2S/c1-4-7-18-14-17(10-13-20(18)27-6-3)15-21-22(26)25-23(28-21)24-19-11-8-16(5-2)9-12-19/h4,8-15,23-24H,1,5-7H2,2-3H3,(H,25,26)/b21-15-/t23-/m0/s1. The summed E-state index contributed by atoms with van der Waals surface area (Å²) in [6.45, 7) is 8.54. The second-order valence-electron chi connectivity index (χ2n) is 6.47. The summed E-state index contributed by atoms with van der Waals surface area (Å²) in [4.78, 5) is 13.1. The highest BCUT2D eigenvalue weighted by Crippen LogP contribution is 2.31. The summed E-state index contributed by atoms with van der Waals surface area (Å²) in [6.07, 6.45) is 5.52. The van der Waals surface area contributed by atoms with Crippen molar-refractivity contribution in [1.29, 1.82) is 0 Å². The number of rotatable bonds is 8. The SMILES string of the molecule is C=CCc1cc(/C=C2\S[C@@H](Nc3ccc(CC)cc3)NC2=O)ccc1OCC. The minimum absolute atomic E-state index is 0.0631. The Morgan fingerprint density at radius 2 is 2.00 bits per heavy atom. The van der Waals surface area contributed by atoms with Crippen molar-refractivity contribution < 1.29 is 9.53 Å². The molecule has 2 aromatic rings. The molecular weight excluding hydrogens is 368 g/mol. The minimum Gasteiger partial charge on any atom is -0.494 e. The molecule has 1 atom stereocenters. The van der Waals surface area contributed by atoms with Crippen molar-refractivity contribution in [3.05, 3.63) is 76.7 Å². The fourth-order valence-electron chi connectivity index (χ4n) is 3.01. The van der Waals surface area contributed by atoms with Gasteiger partial charge in [-0.15, -0.1) is 6.58 Å². The van der Waals surface area contributed by atoms with Gasteiger partial charge in [0.25, 0.3) is 5.91 Å². The molecule has 1 heterocycles. The minimum atomic E-state index is -0.179. The zero-order chi connectivity index (χ0) is 19.9.